The van der Waals surface area contributed by atoms with E-state index in [1.54, 1.807) is 0 Å². The first-order valence-electron chi connectivity index (χ1n) is 15.0. The molecule has 0 N–H and O–H groups in total. The van der Waals surface area contributed by atoms with Crippen molar-refractivity contribution in [1.29, 1.82) is 0 Å². The Labute approximate surface area is 279 Å². The molecule has 0 aromatic carbocycles. The lowest BCUT2D eigenvalue weighted by molar-refractivity contribution is -0.501. The van der Waals surface area contributed by atoms with Crippen molar-refractivity contribution in [2.24, 2.45) is 5.92 Å². The van der Waals surface area contributed by atoms with Crippen LogP contribution < -0.4 is 0 Å². The maximum atomic E-state index is 15.9. The molecule has 1 aliphatic heterocycles. The predicted molar refractivity (Wildman–Crippen MR) is 135 cm³/mol. The summed E-state index contributed by atoms with van der Waals surface area (Å²) in [5.74, 6) is -61.6. The molecule has 1 aliphatic carbocycles. The van der Waals surface area contributed by atoms with Crippen molar-refractivity contribution in [3.05, 3.63) is 47.0 Å². The summed E-state index contributed by atoms with van der Waals surface area (Å²) in [4.78, 5) is 2.56. The molecule has 0 saturated heterocycles. The van der Waals surface area contributed by atoms with E-state index in [2.05, 4.69) is 15.0 Å². The van der Waals surface area contributed by atoms with Crippen molar-refractivity contribution in [1.82, 2.24) is 15.3 Å². The number of aryl methyl sites for hydroxylation is 1. The smallest absolute Gasteiger partial charge is 0.202 e. The van der Waals surface area contributed by atoms with E-state index in [1.807, 2.05) is 0 Å². The van der Waals surface area contributed by atoms with Gasteiger partial charge in [0.25, 0.3) is 5.95 Å². The van der Waals surface area contributed by atoms with E-state index < -0.39 is 81.9 Å². The summed E-state index contributed by atoms with van der Waals surface area (Å²) in [5, 5.41) is 3.75. The molecule has 298 valence electrons. The zero-order valence-corrected chi connectivity index (χ0v) is 25.8. The van der Waals surface area contributed by atoms with Crippen LogP contribution in [0.1, 0.15) is 75.6 Å². The molecule has 1 aromatic heterocycles. The van der Waals surface area contributed by atoms with Gasteiger partial charge < -0.3 is 0 Å². The van der Waals surface area contributed by atoms with E-state index >= 15 is 4.39 Å². The molecule has 4 nitrogen and oxygen atoms in total. The highest BCUT2D eigenvalue weighted by Gasteiger charge is 2.94. The van der Waals surface area contributed by atoms with Crippen LogP contribution in [0.2, 0.25) is 0 Å². The number of alkyl halides is 16. The first kappa shape index (κ1) is 43.3. The Morgan fingerprint density at radius 1 is 0.615 bits per heavy atom. The summed E-state index contributed by atoms with van der Waals surface area (Å²) >= 11 is 0. The van der Waals surface area contributed by atoms with Crippen LogP contribution in [0.4, 0.5) is 87.8 Å². The van der Waals surface area contributed by atoms with Gasteiger partial charge in [0.1, 0.15) is 5.69 Å². The molecular formula is C28H25F20N3O. The van der Waals surface area contributed by atoms with Gasteiger partial charge in [0.15, 0.2) is 0 Å². The first-order chi connectivity index (χ1) is 23.5. The van der Waals surface area contributed by atoms with Crippen LogP contribution in [0, 0.1) is 5.92 Å². The van der Waals surface area contributed by atoms with Gasteiger partial charge in [-0.05, 0) is 30.9 Å². The molecular weight excluding hydrogens is 774 g/mol. The molecule has 0 radical (unpaired) electrons. The fraction of sp³-hybridized carbons (Fsp3) is 0.714. The molecule has 3 rings (SSSR count). The number of hydrogen-bond donors (Lipinski definition) is 0. The molecule has 1 atom stereocenters. The molecule has 0 amide bonds. The summed E-state index contributed by atoms with van der Waals surface area (Å²) < 4.78 is 276. The van der Waals surface area contributed by atoms with Crippen molar-refractivity contribution in [2.45, 2.75) is 118 Å². The normalized spacial score (nSPS) is 20.3. The fourth-order valence-electron chi connectivity index (χ4n) is 4.79. The van der Waals surface area contributed by atoms with Crippen LogP contribution in [0.3, 0.4) is 0 Å². The van der Waals surface area contributed by atoms with E-state index in [9.17, 15) is 83.4 Å². The van der Waals surface area contributed by atoms with Crippen molar-refractivity contribution in [3.63, 3.8) is 0 Å². The molecule has 24 heteroatoms. The minimum absolute atomic E-state index is 0.00956. The van der Waals surface area contributed by atoms with Crippen LogP contribution in [-0.4, -0.2) is 57.2 Å². The van der Waals surface area contributed by atoms with E-state index in [-0.39, 0.29) is 18.2 Å². The second-order valence-corrected chi connectivity index (χ2v) is 12.0. The maximum Gasteiger partial charge on any atom is 0.460 e. The zero-order chi connectivity index (χ0) is 39.9. The second-order valence-electron chi connectivity index (χ2n) is 12.0. The maximum absolute atomic E-state index is 15.9. The molecule has 2 aliphatic rings. The molecule has 0 bridgehead atoms. The Bertz CT molecular complexity index is 1470. The number of rotatable bonds is 18. The SMILES string of the molecule is FC1=C(F)N(OC(F)(F)C(F)(F)C(F)(F)C(F)(F)C(F)(F)C(F)(F)C(F)(F)F)C(F)(c2ccc(CCCCCCCCCC3CC3)nn2)C(F)=C1F. The van der Waals surface area contributed by atoms with E-state index in [0.717, 1.165) is 44.4 Å². The van der Waals surface area contributed by atoms with Gasteiger partial charge in [-0.25, -0.2) is 13.2 Å². The van der Waals surface area contributed by atoms with E-state index in [1.165, 1.54) is 12.8 Å². The number of unbranched alkanes of at least 4 members (excludes halogenated alkanes) is 6. The number of nitrogens with zero attached hydrogens (tertiary/aromatic N) is 3. The minimum atomic E-state index is -8.82. The Kier molecular flexibility index (Phi) is 12.2. The molecule has 1 saturated carbocycles. The van der Waals surface area contributed by atoms with Gasteiger partial charge in [0, 0.05) is 0 Å². The minimum Gasteiger partial charge on any atom is -0.202 e. The largest absolute Gasteiger partial charge is 0.460 e. The molecule has 1 unspecified atom stereocenters. The zero-order valence-electron chi connectivity index (χ0n) is 25.8. The van der Waals surface area contributed by atoms with Gasteiger partial charge in [-0.3, -0.25) is 0 Å². The fourth-order valence-corrected chi connectivity index (χ4v) is 4.79. The highest BCUT2D eigenvalue weighted by molar-refractivity contribution is 5.37. The lowest BCUT2D eigenvalue weighted by Crippen LogP contribution is -2.73. The highest BCUT2D eigenvalue weighted by atomic mass is 19.4. The molecule has 52 heavy (non-hydrogen) atoms. The molecule has 0 spiro atoms. The predicted octanol–water partition coefficient (Wildman–Crippen LogP) is 11.5. The topological polar surface area (TPSA) is 38.2 Å². The summed E-state index contributed by atoms with van der Waals surface area (Å²) in [5.41, 5.74) is -2.13. The lowest BCUT2D eigenvalue weighted by atomic mass is 9.93. The second kappa shape index (κ2) is 14.6. The van der Waals surface area contributed by atoms with Crippen molar-refractivity contribution in [3.8, 4) is 0 Å². The van der Waals surface area contributed by atoms with Crippen LogP contribution in [0.25, 0.3) is 0 Å². The monoisotopic (exact) mass is 799 g/mol. The van der Waals surface area contributed by atoms with Gasteiger partial charge in [-0.2, -0.15) is 89.6 Å². The Hall–Kier alpha value is -3.08. The van der Waals surface area contributed by atoms with Crippen LogP contribution in [0.15, 0.2) is 35.6 Å². The number of hydroxylamine groups is 2. The van der Waals surface area contributed by atoms with Crippen molar-refractivity contribution < 1.29 is 92.6 Å². The summed E-state index contributed by atoms with van der Waals surface area (Å²) in [7, 11) is 0. The first-order valence-corrected chi connectivity index (χ1v) is 15.0. The third kappa shape index (κ3) is 7.49. The Morgan fingerprint density at radius 3 is 1.58 bits per heavy atom. The summed E-state index contributed by atoms with van der Waals surface area (Å²) in [6, 6.07) is 0.822. The van der Waals surface area contributed by atoms with Gasteiger partial charge in [-0.1, -0.05) is 57.8 Å². The van der Waals surface area contributed by atoms with Gasteiger partial charge in [0.2, 0.25) is 17.5 Å². The van der Waals surface area contributed by atoms with E-state index in [0.29, 0.717) is 18.9 Å². The Morgan fingerprint density at radius 2 is 1.10 bits per heavy atom. The Balaban J connectivity index is 1.86. The number of halogens is 20. The number of allylic oxidation sites excluding steroid dienone is 2. The van der Waals surface area contributed by atoms with Crippen LogP contribution in [0.5, 0.6) is 0 Å². The van der Waals surface area contributed by atoms with Crippen molar-refractivity contribution in [2.75, 3.05) is 0 Å². The van der Waals surface area contributed by atoms with Crippen LogP contribution in [-0.2, 0) is 17.1 Å². The highest BCUT2D eigenvalue weighted by Crippen LogP contribution is 2.63. The van der Waals surface area contributed by atoms with Gasteiger partial charge in [0.05, 0.1) is 5.69 Å². The standard InChI is InChI=1S/C28H25F20N3O/c29-17-18(30)20(32)51(52-28(47,48)26(42,43)24(38,39)22(34,35)23(36,37)25(40,41)27(44,45)46)21(33,19(17)31)16-13-12-15(49-50-16)9-7-5-3-1-2-4-6-8-14-10-11-14/h12-14H,1-11H2. The summed E-state index contributed by atoms with van der Waals surface area (Å²) in [6.45, 7) is 0. The third-order valence-electron chi connectivity index (χ3n) is 8.12. The number of hydrogen-bond acceptors (Lipinski definition) is 4. The quantitative estimate of drug-likeness (QED) is 0.0842. The molecule has 2 heterocycles. The summed E-state index contributed by atoms with van der Waals surface area (Å²) in [6.07, 6.45) is -6.56. The molecule has 1 aromatic rings. The average Bonchev–Trinajstić information content (AvgIpc) is 3.88. The molecule has 1 fully saturated rings. The lowest BCUT2D eigenvalue weighted by Gasteiger charge is -2.43. The number of aromatic nitrogens is 2. The van der Waals surface area contributed by atoms with Gasteiger partial charge >= 0.3 is 47.7 Å². The van der Waals surface area contributed by atoms with Crippen molar-refractivity contribution >= 4 is 0 Å². The van der Waals surface area contributed by atoms with E-state index in [4.69, 9.17) is 0 Å². The average molecular weight is 799 g/mol. The third-order valence-corrected chi connectivity index (χ3v) is 8.12. The van der Waals surface area contributed by atoms with Crippen LogP contribution >= 0.6 is 0 Å². The van der Waals surface area contributed by atoms with Gasteiger partial charge in [-0.15, -0.1) is 5.10 Å².